The fraction of sp³-hybridized carbons (Fsp3) is 0.182. The number of carbonyl (C=O) groups excluding carboxylic acids is 1. The summed E-state index contributed by atoms with van der Waals surface area (Å²) in [7, 11) is 1.62. The highest BCUT2D eigenvalue weighted by Crippen LogP contribution is 2.32. The summed E-state index contributed by atoms with van der Waals surface area (Å²) in [5.41, 5.74) is 9.55. The smallest absolute Gasteiger partial charge is 0.284 e. The largest absolute Gasteiger partial charge is 0.497 e. The molecule has 4 N–H and O–H groups in total. The van der Waals surface area contributed by atoms with Crippen LogP contribution in [0.2, 0.25) is 0 Å². The molecule has 9 nitrogen and oxygen atoms in total. The average molecular weight is 564 g/mol. The van der Waals surface area contributed by atoms with Gasteiger partial charge < -0.3 is 20.5 Å². The third-order valence-corrected chi connectivity index (χ3v) is 6.92. The Morgan fingerprint density at radius 1 is 1.00 bits per heavy atom. The van der Waals surface area contributed by atoms with Crippen molar-refractivity contribution in [2.45, 2.75) is 26.4 Å². The molecule has 0 aliphatic rings. The fourth-order valence-electron chi connectivity index (χ4n) is 4.83. The second kappa shape index (κ2) is 11.4. The van der Waals surface area contributed by atoms with Gasteiger partial charge in [0.05, 0.1) is 24.9 Å². The van der Waals surface area contributed by atoms with Crippen molar-refractivity contribution in [1.29, 1.82) is 0 Å². The summed E-state index contributed by atoms with van der Waals surface area (Å²) in [5, 5.41) is 13.7. The molecule has 1 amide bonds. The number of hydrogen-bond acceptors (Lipinski definition) is 6. The van der Waals surface area contributed by atoms with Crippen LogP contribution in [0.3, 0.4) is 0 Å². The number of nitrogen functional groups attached to an aromatic ring is 1. The highest BCUT2D eigenvalue weighted by atomic mass is 16.5. The molecule has 42 heavy (non-hydrogen) atoms. The molecule has 0 aliphatic heterocycles. The summed E-state index contributed by atoms with van der Waals surface area (Å²) in [6, 6.07) is 25.9. The van der Waals surface area contributed by atoms with Crippen molar-refractivity contribution in [1.82, 2.24) is 14.8 Å². The van der Waals surface area contributed by atoms with Crippen LogP contribution < -0.4 is 20.9 Å². The standard InChI is InChI=1S/C33H33N5O4/c1-21-29(32(40)38(36-21)26-8-6-5-7-9-26)31(39)37(20-33(2,3)41)25-14-10-23(11-15-25)28-18-24(19-35-30(28)34)22-12-16-27(42-4)17-13-22/h5-19,36,41H,20H2,1-4H3,(H2,34,35). The molecule has 0 aliphatic carbocycles. The van der Waals surface area contributed by atoms with Crippen molar-refractivity contribution in [3.05, 3.63) is 113 Å². The molecule has 5 aromatic rings. The van der Waals surface area contributed by atoms with Crippen LogP contribution in [-0.4, -0.2) is 45.0 Å². The number of nitrogens with zero attached hydrogens (tertiary/aromatic N) is 3. The van der Waals surface area contributed by atoms with Crippen molar-refractivity contribution < 1.29 is 14.6 Å². The zero-order valence-corrected chi connectivity index (χ0v) is 24.0. The number of ether oxygens (including phenoxy) is 1. The summed E-state index contributed by atoms with van der Waals surface area (Å²) < 4.78 is 6.60. The first kappa shape index (κ1) is 28.4. The van der Waals surface area contributed by atoms with Gasteiger partial charge in [-0.05, 0) is 74.4 Å². The molecule has 0 bridgehead atoms. The summed E-state index contributed by atoms with van der Waals surface area (Å²) in [5.74, 6) is 0.617. The first-order valence-corrected chi connectivity index (χ1v) is 13.5. The number of para-hydroxylation sites is 1. The van der Waals surface area contributed by atoms with E-state index in [9.17, 15) is 14.7 Å². The Hall–Kier alpha value is -5.15. The first-order valence-electron chi connectivity index (χ1n) is 13.5. The van der Waals surface area contributed by atoms with E-state index in [0.29, 0.717) is 22.9 Å². The Morgan fingerprint density at radius 3 is 2.26 bits per heavy atom. The zero-order valence-electron chi connectivity index (χ0n) is 24.0. The minimum absolute atomic E-state index is 0.00724. The van der Waals surface area contributed by atoms with Crippen LogP contribution in [0.4, 0.5) is 11.5 Å². The number of aliphatic hydroxyl groups is 1. The Balaban J connectivity index is 1.50. The third-order valence-electron chi connectivity index (χ3n) is 6.92. The summed E-state index contributed by atoms with van der Waals surface area (Å²) in [6.45, 7) is 4.89. The zero-order chi connectivity index (χ0) is 30.0. The number of methoxy groups -OCH3 is 1. The Labute approximate surface area is 243 Å². The van der Waals surface area contributed by atoms with Crippen molar-refractivity contribution in [2.75, 3.05) is 24.3 Å². The molecule has 9 heteroatoms. The number of carbonyl (C=O) groups is 1. The third kappa shape index (κ3) is 5.82. The van der Waals surface area contributed by atoms with Crippen molar-refractivity contribution in [3.63, 3.8) is 0 Å². The maximum absolute atomic E-state index is 13.9. The number of H-pyrrole nitrogens is 1. The van der Waals surface area contributed by atoms with Crippen LogP contribution >= 0.6 is 0 Å². The molecule has 0 spiro atoms. The van der Waals surface area contributed by atoms with Crippen LogP contribution in [0.1, 0.15) is 29.9 Å². The molecule has 5 rings (SSSR count). The lowest BCUT2D eigenvalue weighted by molar-refractivity contribution is 0.0773. The molecule has 2 aromatic heterocycles. The van der Waals surface area contributed by atoms with Gasteiger partial charge >= 0.3 is 0 Å². The number of aromatic nitrogens is 3. The van der Waals surface area contributed by atoms with E-state index >= 15 is 0 Å². The summed E-state index contributed by atoms with van der Waals surface area (Å²) >= 11 is 0. The van der Waals surface area contributed by atoms with E-state index in [-0.39, 0.29) is 12.1 Å². The lowest BCUT2D eigenvalue weighted by Crippen LogP contribution is -2.44. The molecule has 0 saturated carbocycles. The first-order chi connectivity index (χ1) is 20.1. The van der Waals surface area contributed by atoms with Crippen molar-refractivity contribution in [3.8, 4) is 33.7 Å². The Bertz CT molecular complexity index is 1770. The van der Waals surface area contributed by atoms with Gasteiger partial charge in [0.1, 0.15) is 17.1 Å². The fourth-order valence-corrected chi connectivity index (χ4v) is 4.83. The molecule has 0 radical (unpaired) electrons. The summed E-state index contributed by atoms with van der Waals surface area (Å²) in [6.07, 6.45) is 1.72. The predicted molar refractivity (Wildman–Crippen MR) is 165 cm³/mol. The number of pyridine rings is 1. The quantitative estimate of drug-likeness (QED) is 0.238. The van der Waals surface area contributed by atoms with E-state index in [2.05, 4.69) is 10.1 Å². The minimum atomic E-state index is -1.22. The maximum atomic E-state index is 13.9. The van der Waals surface area contributed by atoms with Gasteiger partial charge in [0, 0.05) is 28.7 Å². The topological polar surface area (TPSA) is 126 Å². The monoisotopic (exact) mass is 563 g/mol. The molecule has 0 atom stereocenters. The molecule has 2 heterocycles. The second-order valence-corrected chi connectivity index (χ2v) is 10.7. The van der Waals surface area contributed by atoms with Gasteiger partial charge in [0.25, 0.3) is 11.5 Å². The SMILES string of the molecule is COc1ccc(-c2cnc(N)c(-c3ccc(N(CC(C)(C)O)C(=O)c4c(C)[nH]n(-c5ccccc5)c4=O)cc3)c2)cc1. The number of rotatable bonds is 8. The number of nitrogens with two attached hydrogens (primary N) is 1. The van der Waals surface area contributed by atoms with Gasteiger partial charge in [-0.1, -0.05) is 42.5 Å². The van der Waals surface area contributed by atoms with Crippen LogP contribution in [0, 0.1) is 6.92 Å². The number of aryl methyl sites for hydroxylation is 1. The highest BCUT2D eigenvalue weighted by Gasteiger charge is 2.29. The van der Waals surface area contributed by atoms with Crippen LogP contribution in [0.15, 0.2) is 95.9 Å². The number of benzene rings is 3. The summed E-state index contributed by atoms with van der Waals surface area (Å²) in [4.78, 5) is 33.1. The van der Waals surface area contributed by atoms with E-state index in [1.165, 1.54) is 9.58 Å². The lowest BCUT2D eigenvalue weighted by Gasteiger charge is -2.29. The van der Waals surface area contributed by atoms with Gasteiger partial charge in [-0.25, -0.2) is 9.67 Å². The van der Waals surface area contributed by atoms with Crippen LogP contribution in [0.25, 0.3) is 27.9 Å². The molecular weight excluding hydrogens is 530 g/mol. The molecule has 0 fully saturated rings. The number of hydrogen-bond donors (Lipinski definition) is 3. The number of nitrogens with one attached hydrogen (secondary N) is 1. The Morgan fingerprint density at radius 2 is 1.64 bits per heavy atom. The number of anilines is 2. The van der Waals surface area contributed by atoms with E-state index in [0.717, 1.165) is 28.0 Å². The van der Waals surface area contributed by atoms with Gasteiger partial charge in [-0.2, -0.15) is 0 Å². The number of amides is 1. The minimum Gasteiger partial charge on any atom is -0.497 e. The highest BCUT2D eigenvalue weighted by molar-refractivity contribution is 6.07. The lowest BCUT2D eigenvalue weighted by atomic mass is 10.0. The Kier molecular flexibility index (Phi) is 7.69. The van der Waals surface area contributed by atoms with E-state index in [1.807, 2.05) is 60.7 Å². The molecule has 0 unspecified atom stereocenters. The van der Waals surface area contributed by atoms with Gasteiger partial charge in [-0.3, -0.25) is 14.7 Å². The van der Waals surface area contributed by atoms with Crippen molar-refractivity contribution in [2.24, 2.45) is 0 Å². The van der Waals surface area contributed by atoms with E-state index in [1.54, 1.807) is 58.3 Å². The molecule has 0 saturated heterocycles. The van der Waals surface area contributed by atoms with Crippen LogP contribution in [0.5, 0.6) is 5.75 Å². The number of aromatic amines is 1. The maximum Gasteiger partial charge on any atom is 0.284 e. The molecule has 214 valence electrons. The van der Waals surface area contributed by atoms with Crippen molar-refractivity contribution >= 4 is 17.4 Å². The van der Waals surface area contributed by atoms with Gasteiger partial charge in [0.15, 0.2) is 0 Å². The second-order valence-electron chi connectivity index (χ2n) is 10.7. The van der Waals surface area contributed by atoms with Crippen LogP contribution in [-0.2, 0) is 0 Å². The normalized spacial score (nSPS) is 11.4. The molecule has 3 aromatic carbocycles. The predicted octanol–water partition coefficient (Wildman–Crippen LogP) is 5.21. The van der Waals surface area contributed by atoms with E-state index < -0.39 is 17.1 Å². The average Bonchev–Trinajstić information content (AvgIpc) is 3.29. The van der Waals surface area contributed by atoms with Gasteiger partial charge in [0.2, 0.25) is 0 Å². The van der Waals surface area contributed by atoms with E-state index in [4.69, 9.17) is 10.5 Å². The van der Waals surface area contributed by atoms with Gasteiger partial charge in [-0.15, -0.1) is 0 Å². The molecular formula is C33H33N5O4.